The van der Waals surface area contributed by atoms with E-state index < -0.39 is 0 Å². The molecule has 0 bridgehead atoms. The SMILES string of the molecule is CCCOc1ccccc1OCC(=O)Nc1c(CC)cccc1CC. The summed E-state index contributed by atoms with van der Waals surface area (Å²) in [7, 11) is 0. The van der Waals surface area contributed by atoms with Crippen molar-refractivity contribution < 1.29 is 14.3 Å². The molecule has 0 fully saturated rings. The summed E-state index contributed by atoms with van der Waals surface area (Å²) in [5.41, 5.74) is 3.19. The van der Waals surface area contributed by atoms with Gasteiger partial charge >= 0.3 is 0 Å². The summed E-state index contributed by atoms with van der Waals surface area (Å²) in [6.07, 6.45) is 2.67. The van der Waals surface area contributed by atoms with Crippen molar-refractivity contribution in [2.75, 3.05) is 18.5 Å². The number of ether oxygens (including phenoxy) is 2. The molecule has 4 nitrogen and oxygen atoms in total. The van der Waals surface area contributed by atoms with Gasteiger partial charge in [0.25, 0.3) is 5.91 Å². The van der Waals surface area contributed by atoms with Crippen LogP contribution in [0.4, 0.5) is 5.69 Å². The Labute approximate surface area is 150 Å². The molecule has 4 heteroatoms. The van der Waals surface area contributed by atoms with Crippen LogP contribution in [0.5, 0.6) is 11.5 Å². The van der Waals surface area contributed by atoms with Gasteiger partial charge in [0.2, 0.25) is 0 Å². The molecule has 1 amide bonds. The molecule has 2 aromatic rings. The van der Waals surface area contributed by atoms with Gasteiger partial charge in [-0.15, -0.1) is 0 Å². The molecule has 0 aliphatic heterocycles. The van der Waals surface area contributed by atoms with Crippen LogP contribution >= 0.6 is 0 Å². The van der Waals surface area contributed by atoms with Gasteiger partial charge in [-0.25, -0.2) is 0 Å². The topological polar surface area (TPSA) is 47.6 Å². The molecular formula is C21H27NO3. The zero-order valence-corrected chi connectivity index (χ0v) is 15.3. The van der Waals surface area contributed by atoms with Crippen LogP contribution in [-0.2, 0) is 17.6 Å². The van der Waals surface area contributed by atoms with Crippen LogP contribution in [0.2, 0.25) is 0 Å². The highest BCUT2D eigenvalue weighted by atomic mass is 16.5. The molecule has 134 valence electrons. The number of carbonyl (C=O) groups excluding carboxylic acids is 1. The molecule has 2 aromatic carbocycles. The minimum absolute atomic E-state index is 0.0479. The van der Waals surface area contributed by atoms with E-state index in [1.165, 1.54) is 0 Å². The monoisotopic (exact) mass is 341 g/mol. The first-order valence-electron chi connectivity index (χ1n) is 8.94. The van der Waals surface area contributed by atoms with Gasteiger partial charge < -0.3 is 14.8 Å². The first-order chi connectivity index (χ1) is 12.2. The number of benzene rings is 2. The van der Waals surface area contributed by atoms with Crippen molar-refractivity contribution in [1.82, 2.24) is 0 Å². The van der Waals surface area contributed by atoms with Crippen molar-refractivity contribution in [2.24, 2.45) is 0 Å². The van der Waals surface area contributed by atoms with Crippen molar-refractivity contribution in [2.45, 2.75) is 40.0 Å². The summed E-state index contributed by atoms with van der Waals surface area (Å²) >= 11 is 0. The number of rotatable bonds is 9. The van der Waals surface area contributed by atoms with E-state index in [0.29, 0.717) is 18.1 Å². The molecule has 25 heavy (non-hydrogen) atoms. The third-order valence-corrected chi connectivity index (χ3v) is 3.93. The fourth-order valence-corrected chi connectivity index (χ4v) is 2.62. The lowest BCUT2D eigenvalue weighted by atomic mass is 10.0. The summed E-state index contributed by atoms with van der Waals surface area (Å²) in [5, 5.41) is 3.01. The van der Waals surface area contributed by atoms with E-state index in [-0.39, 0.29) is 12.5 Å². The fourth-order valence-electron chi connectivity index (χ4n) is 2.62. The van der Waals surface area contributed by atoms with E-state index in [1.807, 2.05) is 49.4 Å². The lowest BCUT2D eigenvalue weighted by Gasteiger charge is -2.15. The number of hydrogen-bond acceptors (Lipinski definition) is 3. The highest BCUT2D eigenvalue weighted by Crippen LogP contribution is 2.27. The van der Waals surface area contributed by atoms with Gasteiger partial charge in [0.05, 0.1) is 6.61 Å². The number of nitrogens with one attached hydrogen (secondary N) is 1. The largest absolute Gasteiger partial charge is 0.490 e. The van der Waals surface area contributed by atoms with Crippen LogP contribution in [0.15, 0.2) is 42.5 Å². The van der Waals surface area contributed by atoms with Gasteiger partial charge in [0, 0.05) is 5.69 Å². The summed E-state index contributed by atoms with van der Waals surface area (Å²) in [6, 6.07) is 13.6. The summed E-state index contributed by atoms with van der Waals surface area (Å²) in [6.45, 7) is 6.79. The van der Waals surface area contributed by atoms with Crippen molar-refractivity contribution in [3.8, 4) is 11.5 Å². The molecule has 0 atom stereocenters. The minimum atomic E-state index is -0.166. The molecule has 0 heterocycles. The number of aryl methyl sites for hydroxylation is 2. The molecule has 1 N–H and O–H groups in total. The van der Waals surface area contributed by atoms with Gasteiger partial charge in [-0.05, 0) is 42.5 Å². The maximum atomic E-state index is 12.4. The Kier molecular flexibility index (Phi) is 7.33. The highest BCUT2D eigenvalue weighted by molar-refractivity contribution is 5.93. The Morgan fingerprint density at radius 3 is 2.04 bits per heavy atom. The Hall–Kier alpha value is -2.49. The summed E-state index contributed by atoms with van der Waals surface area (Å²) in [4.78, 5) is 12.4. The fraction of sp³-hybridized carbons (Fsp3) is 0.381. The van der Waals surface area contributed by atoms with Gasteiger partial charge in [-0.1, -0.05) is 51.1 Å². The van der Waals surface area contributed by atoms with E-state index in [1.54, 1.807) is 0 Å². The van der Waals surface area contributed by atoms with Gasteiger partial charge in [-0.3, -0.25) is 4.79 Å². The van der Waals surface area contributed by atoms with Gasteiger partial charge in [-0.2, -0.15) is 0 Å². The molecular weight excluding hydrogens is 314 g/mol. The van der Waals surface area contributed by atoms with Gasteiger partial charge in [0.15, 0.2) is 18.1 Å². The second-order valence-electron chi connectivity index (χ2n) is 5.79. The summed E-state index contributed by atoms with van der Waals surface area (Å²) < 4.78 is 11.3. The van der Waals surface area contributed by atoms with Crippen LogP contribution < -0.4 is 14.8 Å². The smallest absolute Gasteiger partial charge is 0.262 e. The number of anilines is 1. The second kappa shape index (κ2) is 9.72. The predicted octanol–water partition coefficient (Wildman–Crippen LogP) is 4.62. The van der Waals surface area contributed by atoms with Crippen LogP contribution in [0.25, 0.3) is 0 Å². The molecule has 0 aromatic heterocycles. The van der Waals surface area contributed by atoms with E-state index in [4.69, 9.17) is 9.47 Å². The molecule has 0 saturated heterocycles. The normalized spacial score (nSPS) is 10.4. The minimum Gasteiger partial charge on any atom is -0.490 e. The molecule has 0 aliphatic carbocycles. The first kappa shape index (κ1) is 18.8. The van der Waals surface area contributed by atoms with E-state index in [0.717, 1.165) is 36.1 Å². The lowest BCUT2D eigenvalue weighted by Crippen LogP contribution is -2.22. The number of hydrogen-bond donors (Lipinski definition) is 1. The van der Waals surface area contributed by atoms with Crippen molar-refractivity contribution >= 4 is 11.6 Å². The number of para-hydroxylation sites is 3. The lowest BCUT2D eigenvalue weighted by molar-refractivity contribution is -0.118. The van der Waals surface area contributed by atoms with Crippen molar-refractivity contribution in [3.05, 3.63) is 53.6 Å². The molecule has 2 rings (SSSR count). The Bertz CT molecular complexity index is 675. The maximum Gasteiger partial charge on any atom is 0.262 e. The zero-order valence-electron chi connectivity index (χ0n) is 15.3. The van der Waals surface area contributed by atoms with Crippen molar-refractivity contribution in [3.63, 3.8) is 0 Å². The number of carbonyl (C=O) groups is 1. The molecule has 0 unspecified atom stereocenters. The second-order valence-corrected chi connectivity index (χ2v) is 5.79. The average molecular weight is 341 g/mol. The molecule has 0 radical (unpaired) electrons. The van der Waals surface area contributed by atoms with Gasteiger partial charge in [0.1, 0.15) is 0 Å². The third-order valence-electron chi connectivity index (χ3n) is 3.93. The quantitative estimate of drug-likeness (QED) is 0.724. The Morgan fingerprint density at radius 2 is 1.48 bits per heavy atom. The molecule has 0 saturated carbocycles. The maximum absolute atomic E-state index is 12.4. The first-order valence-corrected chi connectivity index (χ1v) is 8.94. The average Bonchev–Trinajstić information content (AvgIpc) is 2.65. The van der Waals surface area contributed by atoms with Crippen LogP contribution in [0, 0.1) is 0 Å². The van der Waals surface area contributed by atoms with Crippen molar-refractivity contribution in [1.29, 1.82) is 0 Å². The highest BCUT2D eigenvalue weighted by Gasteiger charge is 2.12. The zero-order chi connectivity index (χ0) is 18.1. The summed E-state index contributed by atoms with van der Waals surface area (Å²) in [5.74, 6) is 1.09. The predicted molar refractivity (Wildman–Crippen MR) is 102 cm³/mol. The van der Waals surface area contributed by atoms with E-state index >= 15 is 0 Å². The molecule has 0 aliphatic rings. The van der Waals surface area contributed by atoms with Crippen LogP contribution in [0.1, 0.15) is 38.3 Å². The Morgan fingerprint density at radius 1 is 0.880 bits per heavy atom. The third kappa shape index (κ3) is 5.24. The van der Waals surface area contributed by atoms with Crippen LogP contribution in [0.3, 0.4) is 0 Å². The van der Waals surface area contributed by atoms with Crippen LogP contribution in [-0.4, -0.2) is 19.1 Å². The Balaban J connectivity index is 2.03. The number of amides is 1. The van der Waals surface area contributed by atoms with E-state index in [9.17, 15) is 4.79 Å². The standard InChI is InChI=1S/C21H27NO3/c1-4-14-24-18-12-7-8-13-19(18)25-15-20(23)22-21-16(5-2)10-9-11-17(21)6-3/h7-13H,4-6,14-15H2,1-3H3,(H,22,23). The van der Waals surface area contributed by atoms with E-state index in [2.05, 4.69) is 19.2 Å². The molecule has 0 spiro atoms.